The molecule has 0 aliphatic rings. The van der Waals surface area contributed by atoms with Crippen molar-refractivity contribution < 1.29 is 0 Å². The van der Waals surface area contributed by atoms with Gasteiger partial charge in [0.05, 0.1) is 0 Å². The van der Waals surface area contributed by atoms with Gasteiger partial charge in [0, 0.05) is 18.7 Å². The summed E-state index contributed by atoms with van der Waals surface area (Å²) < 4.78 is 0. The summed E-state index contributed by atoms with van der Waals surface area (Å²) in [5, 5.41) is 0. The van der Waals surface area contributed by atoms with Gasteiger partial charge in [0.2, 0.25) is 0 Å². The lowest BCUT2D eigenvalue weighted by molar-refractivity contribution is 0.822. The third kappa shape index (κ3) is 3.08. The van der Waals surface area contributed by atoms with Crippen LogP contribution < -0.4 is 11.3 Å². The van der Waals surface area contributed by atoms with Crippen LogP contribution in [-0.4, -0.2) is 24.9 Å². The molecular formula is C6H15N3S. The number of thioether (sulfide) groups is 1. The minimum Gasteiger partial charge on any atom is -0.312 e. The van der Waals surface area contributed by atoms with Crippen LogP contribution in [0.4, 0.5) is 0 Å². The van der Waals surface area contributed by atoms with E-state index < -0.39 is 0 Å². The lowest BCUT2D eigenvalue weighted by Gasteiger charge is -2.11. The predicted octanol–water partition coefficient (Wildman–Crippen LogP) is 0.477. The number of nitrogens with zero attached hydrogens (tertiary/aromatic N) is 1. The van der Waals surface area contributed by atoms with Crippen molar-refractivity contribution in [2.45, 2.75) is 6.92 Å². The number of aliphatic imine (C=N–C) groups is 1. The summed E-state index contributed by atoms with van der Waals surface area (Å²) in [6, 6.07) is 0. The standard InChI is InChI=1S/C6H15N3S/c1-5(4-10-3)6(8-2)9-7/h5H,4,7H2,1-3H3,(H,8,9). The van der Waals surface area contributed by atoms with Crippen LogP contribution in [0.1, 0.15) is 6.92 Å². The fraction of sp³-hybridized carbons (Fsp3) is 0.833. The second-order valence-electron chi connectivity index (χ2n) is 2.11. The predicted molar refractivity (Wildman–Crippen MR) is 48.2 cm³/mol. The molecule has 3 nitrogen and oxygen atoms in total. The van der Waals surface area contributed by atoms with Crippen LogP contribution in [0, 0.1) is 5.92 Å². The molecule has 0 radical (unpaired) electrons. The Morgan fingerprint density at radius 2 is 2.40 bits per heavy atom. The molecule has 0 fully saturated rings. The van der Waals surface area contributed by atoms with Crippen LogP contribution >= 0.6 is 11.8 Å². The van der Waals surface area contributed by atoms with Crippen molar-refractivity contribution in [2.24, 2.45) is 16.8 Å². The van der Waals surface area contributed by atoms with Gasteiger partial charge in [0.15, 0.2) is 0 Å². The van der Waals surface area contributed by atoms with Crippen molar-refractivity contribution in [3.63, 3.8) is 0 Å². The minimum atomic E-state index is 0.421. The van der Waals surface area contributed by atoms with E-state index in [9.17, 15) is 0 Å². The van der Waals surface area contributed by atoms with Crippen LogP contribution in [0.25, 0.3) is 0 Å². The van der Waals surface area contributed by atoms with Gasteiger partial charge in [-0.2, -0.15) is 11.8 Å². The monoisotopic (exact) mass is 161 g/mol. The summed E-state index contributed by atoms with van der Waals surface area (Å²) in [6.07, 6.45) is 2.07. The Morgan fingerprint density at radius 1 is 1.80 bits per heavy atom. The molecular weight excluding hydrogens is 146 g/mol. The first-order valence-electron chi connectivity index (χ1n) is 3.18. The lowest BCUT2D eigenvalue weighted by Crippen LogP contribution is -2.35. The van der Waals surface area contributed by atoms with E-state index in [4.69, 9.17) is 5.84 Å². The fourth-order valence-electron chi connectivity index (χ4n) is 0.756. The van der Waals surface area contributed by atoms with Gasteiger partial charge in [0.1, 0.15) is 5.84 Å². The number of hydrogen-bond acceptors (Lipinski definition) is 3. The van der Waals surface area contributed by atoms with Crippen LogP contribution in [0.2, 0.25) is 0 Å². The molecule has 0 saturated carbocycles. The van der Waals surface area contributed by atoms with Gasteiger partial charge in [-0.05, 0) is 6.26 Å². The highest BCUT2D eigenvalue weighted by Crippen LogP contribution is 2.04. The molecule has 0 rings (SSSR count). The number of nitrogens with one attached hydrogen (secondary N) is 1. The maximum Gasteiger partial charge on any atom is 0.114 e. The number of amidine groups is 1. The first-order valence-corrected chi connectivity index (χ1v) is 4.57. The average molecular weight is 161 g/mol. The topological polar surface area (TPSA) is 50.4 Å². The Bertz CT molecular complexity index is 114. The second kappa shape index (κ2) is 5.56. The van der Waals surface area contributed by atoms with Crippen LogP contribution in [0.3, 0.4) is 0 Å². The zero-order valence-electron chi connectivity index (χ0n) is 6.72. The van der Waals surface area contributed by atoms with Gasteiger partial charge in [-0.1, -0.05) is 6.92 Å². The Labute approximate surface area is 66.4 Å². The van der Waals surface area contributed by atoms with Crippen LogP contribution in [0.5, 0.6) is 0 Å². The van der Waals surface area contributed by atoms with Gasteiger partial charge >= 0.3 is 0 Å². The van der Waals surface area contributed by atoms with E-state index in [0.717, 1.165) is 11.6 Å². The summed E-state index contributed by atoms with van der Waals surface area (Å²) in [5.41, 5.74) is 2.57. The van der Waals surface area contributed by atoms with Crippen molar-refractivity contribution in [2.75, 3.05) is 19.1 Å². The zero-order chi connectivity index (χ0) is 7.98. The van der Waals surface area contributed by atoms with Crippen LogP contribution in [0.15, 0.2) is 4.99 Å². The first-order chi connectivity index (χ1) is 4.76. The van der Waals surface area contributed by atoms with Crippen molar-refractivity contribution >= 4 is 17.6 Å². The highest BCUT2D eigenvalue weighted by molar-refractivity contribution is 7.98. The van der Waals surface area contributed by atoms with Crippen LogP contribution in [-0.2, 0) is 0 Å². The van der Waals surface area contributed by atoms with Crippen molar-refractivity contribution in [3.05, 3.63) is 0 Å². The van der Waals surface area contributed by atoms with E-state index in [1.54, 1.807) is 18.8 Å². The molecule has 0 amide bonds. The molecule has 0 aliphatic carbocycles. The summed E-state index contributed by atoms with van der Waals surface area (Å²) >= 11 is 1.79. The molecule has 0 aromatic rings. The largest absolute Gasteiger partial charge is 0.312 e. The maximum absolute atomic E-state index is 5.22. The smallest absolute Gasteiger partial charge is 0.114 e. The molecule has 4 heteroatoms. The Kier molecular flexibility index (Phi) is 5.43. The second-order valence-corrected chi connectivity index (χ2v) is 3.02. The molecule has 10 heavy (non-hydrogen) atoms. The van der Waals surface area contributed by atoms with E-state index >= 15 is 0 Å². The summed E-state index contributed by atoms with van der Waals surface area (Å²) in [5.74, 6) is 7.57. The van der Waals surface area contributed by atoms with Gasteiger partial charge in [-0.3, -0.25) is 4.99 Å². The molecule has 0 aromatic heterocycles. The van der Waals surface area contributed by atoms with E-state index in [0.29, 0.717) is 5.92 Å². The van der Waals surface area contributed by atoms with Gasteiger partial charge in [-0.25, -0.2) is 5.84 Å². The van der Waals surface area contributed by atoms with Crippen molar-refractivity contribution in [3.8, 4) is 0 Å². The molecule has 60 valence electrons. The Balaban J connectivity index is 3.77. The average Bonchev–Trinajstić information content (AvgIpc) is 1.91. The molecule has 0 aromatic carbocycles. The van der Waals surface area contributed by atoms with Gasteiger partial charge in [0.25, 0.3) is 0 Å². The molecule has 0 spiro atoms. The third-order valence-corrected chi connectivity index (χ3v) is 2.11. The number of nitrogens with two attached hydrogens (primary N) is 1. The molecule has 1 atom stereocenters. The highest BCUT2D eigenvalue weighted by Gasteiger charge is 2.06. The number of hydrogen-bond donors (Lipinski definition) is 2. The van der Waals surface area contributed by atoms with E-state index in [2.05, 4.69) is 23.6 Å². The van der Waals surface area contributed by atoms with Gasteiger partial charge < -0.3 is 5.43 Å². The van der Waals surface area contributed by atoms with Crippen molar-refractivity contribution in [1.82, 2.24) is 5.43 Å². The minimum absolute atomic E-state index is 0.421. The normalized spacial score (nSPS) is 15.0. The fourth-order valence-corrected chi connectivity index (χ4v) is 1.41. The molecule has 0 saturated heterocycles. The van der Waals surface area contributed by atoms with Gasteiger partial charge in [-0.15, -0.1) is 0 Å². The molecule has 1 unspecified atom stereocenters. The summed E-state index contributed by atoms with van der Waals surface area (Å²) in [6.45, 7) is 2.10. The quantitative estimate of drug-likeness (QED) is 0.274. The Hall–Kier alpha value is -0.220. The molecule has 0 bridgehead atoms. The molecule has 3 N–H and O–H groups in total. The summed E-state index contributed by atoms with van der Waals surface area (Å²) in [4.78, 5) is 3.99. The highest BCUT2D eigenvalue weighted by atomic mass is 32.2. The van der Waals surface area contributed by atoms with E-state index in [-0.39, 0.29) is 0 Å². The Morgan fingerprint density at radius 3 is 2.70 bits per heavy atom. The van der Waals surface area contributed by atoms with Crippen molar-refractivity contribution in [1.29, 1.82) is 0 Å². The zero-order valence-corrected chi connectivity index (χ0v) is 7.53. The number of hydrazine groups is 1. The van der Waals surface area contributed by atoms with E-state index in [1.807, 2.05) is 0 Å². The first kappa shape index (κ1) is 9.78. The summed E-state index contributed by atoms with van der Waals surface area (Å²) in [7, 11) is 1.74. The molecule has 0 heterocycles. The number of rotatable bonds is 3. The molecule has 0 aliphatic heterocycles. The lowest BCUT2D eigenvalue weighted by atomic mass is 10.2. The van der Waals surface area contributed by atoms with E-state index in [1.165, 1.54) is 0 Å². The SMILES string of the molecule is CN=C(NN)C(C)CSC. The maximum atomic E-state index is 5.22. The third-order valence-electron chi connectivity index (χ3n) is 1.27.